The van der Waals surface area contributed by atoms with Crippen molar-refractivity contribution in [2.75, 3.05) is 53.1 Å². The van der Waals surface area contributed by atoms with Crippen LogP contribution in [0.2, 0.25) is 0 Å². The number of hydrogen-bond donors (Lipinski definition) is 2. The molecule has 5 heterocycles. The number of hydrogen-bond acceptors (Lipinski definition) is 9. The van der Waals surface area contributed by atoms with Crippen molar-refractivity contribution < 1.29 is 26.7 Å². The van der Waals surface area contributed by atoms with Crippen LogP contribution in [-0.2, 0) is 10.0 Å². The Hall–Kier alpha value is -3.78. The Balaban J connectivity index is 1.23. The van der Waals surface area contributed by atoms with Gasteiger partial charge in [0.25, 0.3) is 5.92 Å². The first-order valence-corrected chi connectivity index (χ1v) is 16.2. The van der Waals surface area contributed by atoms with Crippen LogP contribution in [0.15, 0.2) is 47.2 Å². The third-order valence-corrected chi connectivity index (χ3v) is 10.2. The number of piperidine rings is 2. The average molecular weight is 614 g/mol. The van der Waals surface area contributed by atoms with Crippen molar-refractivity contribution >= 4 is 38.2 Å². The number of anilines is 3. The molecule has 0 unspecified atom stereocenters. The summed E-state index contributed by atoms with van der Waals surface area (Å²) in [4.78, 5) is 8.86. The molecule has 1 aliphatic carbocycles. The topological polar surface area (TPSA) is 130 Å². The fraction of sp³-hybridized carbons (Fsp3) is 0.483. The van der Waals surface area contributed by atoms with Gasteiger partial charge in [0.05, 0.1) is 30.5 Å². The lowest BCUT2D eigenvalue weighted by Crippen LogP contribution is -2.39. The fourth-order valence-corrected chi connectivity index (χ4v) is 6.97. The second-order valence-electron chi connectivity index (χ2n) is 11.9. The zero-order chi connectivity index (χ0) is 29.8. The van der Waals surface area contributed by atoms with Crippen molar-refractivity contribution in [3.63, 3.8) is 0 Å². The van der Waals surface area contributed by atoms with Gasteiger partial charge >= 0.3 is 0 Å². The molecule has 3 fully saturated rings. The van der Waals surface area contributed by atoms with E-state index in [4.69, 9.17) is 14.5 Å². The molecule has 3 aliphatic rings. The molecule has 1 saturated carbocycles. The van der Waals surface area contributed by atoms with Crippen LogP contribution in [0.3, 0.4) is 0 Å². The molecule has 1 spiro atoms. The summed E-state index contributed by atoms with van der Waals surface area (Å²) >= 11 is 0. The number of aliphatic hydroxyl groups is 1. The number of benzene rings is 1. The van der Waals surface area contributed by atoms with Crippen molar-refractivity contribution in [2.24, 2.45) is 5.41 Å². The average Bonchev–Trinajstić information content (AvgIpc) is 3.34. The molecule has 14 heteroatoms. The minimum atomic E-state index is -3.70. The van der Waals surface area contributed by atoms with Crippen molar-refractivity contribution in [3.8, 4) is 17.1 Å². The highest BCUT2D eigenvalue weighted by atomic mass is 32.2. The predicted octanol–water partition coefficient (Wildman–Crippen LogP) is 4.43. The highest BCUT2D eigenvalue weighted by Crippen LogP contribution is 2.54. The molecule has 43 heavy (non-hydrogen) atoms. The SMILES string of the molecule is O=S(=O)(CCO)Nc1ccc(-c2cn(-c3cc4ccoc4c(N4CCC(F)(F)CC4)n3)nn2)c(N2CCC3(CC2)CC3)c1. The molecule has 228 valence electrons. The van der Waals surface area contributed by atoms with Gasteiger partial charge in [-0.05, 0) is 61.4 Å². The first-order valence-electron chi connectivity index (χ1n) is 14.6. The van der Waals surface area contributed by atoms with Gasteiger partial charge in [-0.2, -0.15) is 0 Å². The molecular weight excluding hydrogens is 580 g/mol. The second-order valence-corrected chi connectivity index (χ2v) is 13.7. The number of fused-ring (bicyclic) bond motifs is 1. The number of rotatable bonds is 8. The van der Waals surface area contributed by atoms with Gasteiger partial charge in [-0.1, -0.05) is 5.21 Å². The van der Waals surface area contributed by atoms with Crippen LogP contribution >= 0.6 is 0 Å². The molecular formula is C29H33F2N7O4S. The highest BCUT2D eigenvalue weighted by Gasteiger charge is 2.44. The van der Waals surface area contributed by atoms with Gasteiger partial charge in [0.2, 0.25) is 10.0 Å². The maximum absolute atomic E-state index is 13.9. The number of aromatic nitrogens is 4. The number of furan rings is 1. The molecule has 11 nitrogen and oxygen atoms in total. The summed E-state index contributed by atoms with van der Waals surface area (Å²) in [5.74, 6) is -2.10. The van der Waals surface area contributed by atoms with E-state index in [1.807, 2.05) is 23.1 Å². The van der Waals surface area contributed by atoms with Gasteiger partial charge in [-0.15, -0.1) is 5.10 Å². The smallest absolute Gasteiger partial charge is 0.251 e. The molecule has 0 bridgehead atoms. The van der Waals surface area contributed by atoms with E-state index in [2.05, 4.69) is 19.9 Å². The summed E-state index contributed by atoms with van der Waals surface area (Å²) in [6.45, 7) is 1.56. The third-order valence-electron chi connectivity index (χ3n) is 8.96. The number of sulfonamides is 1. The summed E-state index contributed by atoms with van der Waals surface area (Å²) in [5, 5.41) is 18.8. The summed E-state index contributed by atoms with van der Waals surface area (Å²) in [6, 6.07) is 8.94. The first-order chi connectivity index (χ1) is 20.6. The van der Waals surface area contributed by atoms with Gasteiger partial charge in [0, 0.05) is 55.7 Å². The van der Waals surface area contributed by atoms with E-state index in [0.717, 1.165) is 42.6 Å². The first kappa shape index (κ1) is 28.0. The molecule has 0 atom stereocenters. The minimum Gasteiger partial charge on any atom is -0.460 e. The van der Waals surface area contributed by atoms with Crippen LogP contribution in [-0.4, -0.2) is 78.0 Å². The van der Waals surface area contributed by atoms with Gasteiger partial charge in [-0.3, -0.25) is 4.72 Å². The van der Waals surface area contributed by atoms with Gasteiger partial charge in [0.1, 0.15) is 5.69 Å². The zero-order valence-corrected chi connectivity index (χ0v) is 24.4. The van der Waals surface area contributed by atoms with Crippen LogP contribution < -0.4 is 14.5 Å². The number of pyridine rings is 1. The maximum atomic E-state index is 13.9. The lowest BCUT2D eigenvalue weighted by atomic mass is 9.93. The monoisotopic (exact) mass is 613 g/mol. The molecule has 2 aliphatic heterocycles. The van der Waals surface area contributed by atoms with Gasteiger partial charge in [0.15, 0.2) is 17.2 Å². The van der Waals surface area contributed by atoms with Gasteiger partial charge in [-0.25, -0.2) is 26.9 Å². The highest BCUT2D eigenvalue weighted by molar-refractivity contribution is 7.92. The molecule has 3 aromatic heterocycles. The Kier molecular flexibility index (Phi) is 6.80. The molecule has 2 N–H and O–H groups in total. The Morgan fingerprint density at radius 1 is 0.977 bits per heavy atom. The number of aliphatic hydroxyl groups excluding tert-OH is 1. The van der Waals surface area contributed by atoms with E-state index >= 15 is 0 Å². The maximum Gasteiger partial charge on any atom is 0.251 e. The lowest BCUT2D eigenvalue weighted by molar-refractivity contribution is -0.0221. The Bertz CT molecular complexity index is 1750. The molecule has 0 radical (unpaired) electrons. The number of nitrogens with zero attached hydrogens (tertiary/aromatic N) is 6. The Morgan fingerprint density at radius 3 is 2.44 bits per heavy atom. The van der Waals surface area contributed by atoms with E-state index in [1.54, 1.807) is 29.3 Å². The van der Waals surface area contributed by atoms with E-state index < -0.39 is 22.6 Å². The number of halogens is 2. The standard InChI is InChI=1S/C29H33F2N7O4S/c30-29(31)8-12-37(13-9-29)27-26-20(3-15-42-26)17-25(32-27)38-19-23(33-35-38)22-2-1-21(34-43(40,41)16-14-39)18-24(22)36-10-6-28(4-5-28)7-11-36/h1-3,15,17-19,34,39H,4-14,16H2. The van der Waals surface area contributed by atoms with Crippen LogP contribution in [0.5, 0.6) is 0 Å². The van der Waals surface area contributed by atoms with Crippen molar-refractivity contribution in [2.45, 2.75) is 44.4 Å². The number of alkyl halides is 2. The van der Waals surface area contributed by atoms with Crippen LogP contribution in [0.25, 0.3) is 28.0 Å². The summed E-state index contributed by atoms with van der Waals surface area (Å²) in [6.07, 6.45) is 7.51. The second kappa shape index (κ2) is 10.4. The summed E-state index contributed by atoms with van der Waals surface area (Å²) < 4.78 is 62.3. The normalized spacial score (nSPS) is 19.7. The van der Waals surface area contributed by atoms with Crippen LogP contribution in [0.1, 0.15) is 38.5 Å². The molecule has 1 aromatic carbocycles. The Morgan fingerprint density at radius 2 is 1.72 bits per heavy atom. The predicted molar refractivity (Wildman–Crippen MR) is 158 cm³/mol. The van der Waals surface area contributed by atoms with Crippen molar-refractivity contribution in [3.05, 3.63) is 42.8 Å². The third kappa shape index (κ3) is 5.65. The molecule has 4 aromatic rings. The van der Waals surface area contributed by atoms with Crippen molar-refractivity contribution in [1.82, 2.24) is 20.0 Å². The molecule has 0 amide bonds. The van der Waals surface area contributed by atoms with E-state index in [-0.39, 0.29) is 31.7 Å². The fourth-order valence-electron chi connectivity index (χ4n) is 6.14. The van der Waals surface area contributed by atoms with E-state index in [0.29, 0.717) is 34.0 Å². The largest absolute Gasteiger partial charge is 0.460 e. The Labute approximate surface area is 247 Å². The zero-order valence-electron chi connectivity index (χ0n) is 23.5. The summed E-state index contributed by atoms with van der Waals surface area (Å²) in [7, 11) is -3.70. The lowest BCUT2D eigenvalue weighted by Gasteiger charge is -2.35. The minimum absolute atomic E-state index is 0.163. The summed E-state index contributed by atoms with van der Waals surface area (Å²) in [5.41, 5.74) is 3.63. The molecule has 7 rings (SSSR count). The van der Waals surface area contributed by atoms with Gasteiger partial charge < -0.3 is 19.3 Å². The van der Waals surface area contributed by atoms with Crippen molar-refractivity contribution in [1.29, 1.82) is 0 Å². The van der Waals surface area contributed by atoms with Crippen LogP contribution in [0, 0.1) is 5.41 Å². The van der Waals surface area contributed by atoms with E-state index in [9.17, 15) is 17.2 Å². The van der Waals surface area contributed by atoms with Crippen LogP contribution in [0.4, 0.5) is 26.0 Å². The van der Waals surface area contributed by atoms with E-state index in [1.165, 1.54) is 12.8 Å². The number of nitrogens with one attached hydrogen (secondary N) is 1. The quantitative estimate of drug-likeness (QED) is 0.297. The molecule has 2 saturated heterocycles.